The molecule has 0 aliphatic heterocycles. The van der Waals surface area contributed by atoms with Gasteiger partial charge in [-0.2, -0.15) is 15.0 Å². The van der Waals surface area contributed by atoms with E-state index in [9.17, 15) is 9.90 Å². The molecule has 0 radical (unpaired) electrons. The maximum absolute atomic E-state index is 12.1. The van der Waals surface area contributed by atoms with Gasteiger partial charge in [-0.25, -0.2) is 4.98 Å². The van der Waals surface area contributed by atoms with Gasteiger partial charge in [0, 0.05) is 32.0 Å². The number of allylic oxidation sites excluding steroid dienone is 6. The van der Waals surface area contributed by atoms with E-state index in [-0.39, 0.29) is 11.8 Å². The predicted octanol–water partition coefficient (Wildman–Crippen LogP) is 2.92. The minimum Gasteiger partial charge on any atom is -0.493 e. The number of aromatic hydroxyl groups is 1. The molecule has 8 heteroatoms. The highest BCUT2D eigenvalue weighted by atomic mass is 16.5. The first-order valence-electron chi connectivity index (χ1n) is 9.54. The average molecular weight is 405 g/mol. The van der Waals surface area contributed by atoms with E-state index in [1.165, 1.54) is 10.9 Å². The summed E-state index contributed by atoms with van der Waals surface area (Å²) in [6, 6.07) is 5.39. The first kappa shape index (κ1) is 21.0. The fraction of sp³-hybridized carbons (Fsp3) is 0.273. The number of rotatable bonds is 7. The molecule has 1 amide bonds. The molecule has 0 saturated heterocycles. The fourth-order valence-electron chi connectivity index (χ4n) is 3.02. The lowest BCUT2D eigenvalue weighted by molar-refractivity contribution is 0.0948. The normalized spacial score (nSPS) is 13.6. The monoisotopic (exact) mass is 405 g/mol. The van der Waals surface area contributed by atoms with Gasteiger partial charge in [-0.05, 0) is 43.5 Å². The van der Waals surface area contributed by atoms with Gasteiger partial charge < -0.3 is 15.2 Å². The topological polar surface area (TPSA) is 113 Å². The van der Waals surface area contributed by atoms with Crippen LogP contribution in [0.5, 0.6) is 5.88 Å². The van der Waals surface area contributed by atoms with Crippen LogP contribution in [0.15, 0.2) is 53.9 Å². The molecular weight excluding hydrogens is 382 g/mol. The van der Waals surface area contributed by atoms with E-state index < -0.39 is 0 Å². The van der Waals surface area contributed by atoms with Crippen LogP contribution >= 0.6 is 0 Å². The Kier molecular flexibility index (Phi) is 6.78. The molecule has 1 aliphatic carbocycles. The highest BCUT2D eigenvalue weighted by molar-refractivity contribution is 5.93. The van der Waals surface area contributed by atoms with Crippen molar-refractivity contribution in [1.82, 2.24) is 20.1 Å². The number of nitrogens with zero attached hydrogens (tertiary/aromatic N) is 4. The third-order valence-electron chi connectivity index (χ3n) is 4.72. The highest BCUT2D eigenvalue weighted by Gasteiger charge is 2.17. The third kappa shape index (κ3) is 4.64. The number of carbonyl (C=O) groups is 1. The molecule has 0 unspecified atom stereocenters. The van der Waals surface area contributed by atoms with Gasteiger partial charge in [0.1, 0.15) is 0 Å². The Hall–Kier alpha value is -3.70. The quantitative estimate of drug-likeness (QED) is 0.685. The number of hydrogen-bond acceptors (Lipinski definition) is 6. The van der Waals surface area contributed by atoms with E-state index >= 15 is 0 Å². The van der Waals surface area contributed by atoms with Crippen molar-refractivity contribution >= 4 is 11.5 Å². The van der Waals surface area contributed by atoms with Crippen LogP contribution < -0.4 is 5.32 Å². The van der Waals surface area contributed by atoms with Crippen LogP contribution in [0.1, 0.15) is 35.7 Å². The van der Waals surface area contributed by atoms with Gasteiger partial charge in [0.2, 0.25) is 5.88 Å². The van der Waals surface area contributed by atoms with E-state index in [4.69, 9.17) is 10.00 Å². The maximum Gasteiger partial charge on any atom is 0.252 e. The number of ether oxygens (including phenoxy) is 1. The molecule has 0 saturated carbocycles. The Bertz CT molecular complexity index is 1060. The van der Waals surface area contributed by atoms with Crippen molar-refractivity contribution in [1.29, 1.82) is 5.26 Å². The lowest BCUT2D eigenvalue weighted by Crippen LogP contribution is -2.25. The van der Waals surface area contributed by atoms with E-state index in [2.05, 4.69) is 21.5 Å². The minimum atomic E-state index is -0.222. The zero-order valence-electron chi connectivity index (χ0n) is 16.9. The summed E-state index contributed by atoms with van der Waals surface area (Å²) in [5.41, 5.74) is 3.38. The molecule has 0 fully saturated rings. The fourth-order valence-corrected chi connectivity index (χ4v) is 3.02. The van der Waals surface area contributed by atoms with E-state index in [1.54, 1.807) is 31.5 Å². The molecule has 2 aromatic heterocycles. The number of nitriles is 1. The number of nitrogens with one attached hydrogen (secondary N) is 1. The van der Waals surface area contributed by atoms with Crippen LogP contribution in [0.2, 0.25) is 0 Å². The van der Waals surface area contributed by atoms with E-state index in [1.807, 2.05) is 19.1 Å². The smallest absolute Gasteiger partial charge is 0.252 e. The average Bonchev–Trinajstić information content (AvgIpc) is 3.03. The summed E-state index contributed by atoms with van der Waals surface area (Å²) < 4.78 is 6.27. The highest BCUT2D eigenvalue weighted by Crippen LogP contribution is 2.32. The Morgan fingerprint density at radius 2 is 2.20 bits per heavy atom. The first-order chi connectivity index (χ1) is 14.5. The second kappa shape index (κ2) is 9.67. The Morgan fingerprint density at radius 3 is 2.90 bits per heavy atom. The van der Waals surface area contributed by atoms with Crippen LogP contribution in [0.4, 0.5) is 0 Å². The summed E-state index contributed by atoms with van der Waals surface area (Å²) in [7, 11) is 1.62. The molecule has 0 bridgehead atoms. The van der Waals surface area contributed by atoms with Gasteiger partial charge in [-0.1, -0.05) is 17.7 Å². The van der Waals surface area contributed by atoms with Crippen LogP contribution in [-0.2, 0) is 4.74 Å². The molecule has 2 heterocycles. The van der Waals surface area contributed by atoms with Crippen molar-refractivity contribution in [3.8, 4) is 17.8 Å². The minimum absolute atomic E-state index is 0.0568. The molecule has 2 N–H and O–H groups in total. The molecule has 154 valence electrons. The van der Waals surface area contributed by atoms with Crippen LogP contribution in [0.25, 0.3) is 11.4 Å². The largest absolute Gasteiger partial charge is 0.493 e. The van der Waals surface area contributed by atoms with E-state index in [0.29, 0.717) is 42.1 Å². The summed E-state index contributed by atoms with van der Waals surface area (Å²) in [6.45, 7) is 3.05. The Morgan fingerprint density at radius 1 is 1.37 bits per heavy atom. The second-order valence-corrected chi connectivity index (χ2v) is 6.80. The van der Waals surface area contributed by atoms with Crippen molar-refractivity contribution in [3.05, 3.63) is 65.0 Å². The SMILES string of the molecule is COCCCNC(=O)c1ccc(-n2ncc(C3=C(C)CC=C(C#N)C=C3)c2O)nc1. The summed E-state index contributed by atoms with van der Waals surface area (Å²) in [4.78, 5) is 16.4. The number of carbonyl (C=O) groups excluding carboxylic acids is 1. The number of aromatic nitrogens is 3. The Labute approximate surface area is 174 Å². The summed E-state index contributed by atoms with van der Waals surface area (Å²) in [6.07, 6.45) is 9.73. The second-order valence-electron chi connectivity index (χ2n) is 6.80. The molecule has 1 aliphatic rings. The molecule has 3 rings (SSSR count). The molecular formula is C22H23N5O3. The third-order valence-corrected chi connectivity index (χ3v) is 4.72. The summed E-state index contributed by atoms with van der Waals surface area (Å²) in [5.74, 6) is 0.112. The van der Waals surface area contributed by atoms with Gasteiger partial charge in [-0.15, -0.1) is 0 Å². The summed E-state index contributed by atoms with van der Waals surface area (Å²) in [5, 5.41) is 26.9. The van der Waals surface area contributed by atoms with Crippen LogP contribution in [0, 0.1) is 11.3 Å². The number of methoxy groups -OCH3 is 1. The molecule has 0 atom stereocenters. The van der Waals surface area contributed by atoms with Crippen molar-refractivity contribution in [2.75, 3.05) is 20.3 Å². The molecule has 30 heavy (non-hydrogen) atoms. The lowest BCUT2D eigenvalue weighted by atomic mass is 10.0. The van der Waals surface area contributed by atoms with Crippen LogP contribution in [0.3, 0.4) is 0 Å². The zero-order valence-corrected chi connectivity index (χ0v) is 16.9. The van der Waals surface area contributed by atoms with Gasteiger partial charge in [0.25, 0.3) is 5.91 Å². The van der Waals surface area contributed by atoms with E-state index in [0.717, 1.165) is 17.6 Å². The van der Waals surface area contributed by atoms with Crippen molar-refractivity contribution in [2.24, 2.45) is 0 Å². The van der Waals surface area contributed by atoms with Gasteiger partial charge in [-0.3, -0.25) is 4.79 Å². The zero-order chi connectivity index (χ0) is 21.5. The predicted molar refractivity (Wildman–Crippen MR) is 112 cm³/mol. The molecule has 0 aromatic carbocycles. The molecule has 8 nitrogen and oxygen atoms in total. The Balaban J connectivity index is 1.78. The van der Waals surface area contributed by atoms with Crippen molar-refractivity contribution in [2.45, 2.75) is 19.8 Å². The maximum atomic E-state index is 12.1. The van der Waals surface area contributed by atoms with Gasteiger partial charge >= 0.3 is 0 Å². The summed E-state index contributed by atoms with van der Waals surface area (Å²) >= 11 is 0. The standard InChI is InChI=1S/C22H23N5O3/c1-15-4-5-16(12-23)6-8-18(15)19-14-26-27(22(19)29)20-9-7-17(13-25-20)21(28)24-10-3-11-30-2/h5-9,13-14,29H,3-4,10-11H2,1-2H3,(H,24,28). The van der Waals surface area contributed by atoms with Crippen LogP contribution in [-0.4, -0.2) is 46.0 Å². The van der Waals surface area contributed by atoms with Crippen molar-refractivity contribution < 1.29 is 14.6 Å². The molecule has 0 spiro atoms. The number of hydrogen-bond donors (Lipinski definition) is 2. The van der Waals surface area contributed by atoms with Crippen molar-refractivity contribution in [3.63, 3.8) is 0 Å². The molecule has 2 aromatic rings. The lowest BCUT2D eigenvalue weighted by Gasteiger charge is -2.07. The first-order valence-corrected chi connectivity index (χ1v) is 9.54. The van der Waals surface area contributed by atoms with Gasteiger partial charge in [0.15, 0.2) is 5.82 Å². The van der Waals surface area contributed by atoms with Gasteiger partial charge in [0.05, 0.1) is 23.4 Å². The number of pyridine rings is 1. The number of amides is 1.